The van der Waals surface area contributed by atoms with Gasteiger partial charge in [-0.05, 0) is 25.0 Å². The van der Waals surface area contributed by atoms with E-state index in [2.05, 4.69) is 5.32 Å². The summed E-state index contributed by atoms with van der Waals surface area (Å²) < 4.78 is 0. The standard InChI is InChI=1S/C12H14N2O3/c15-12-4-2-1-3-11(12)13-9-5-7-10(8-6-9)14(16)17/h5-8,11,13H,1-4H2/t11-/m0/s1. The molecule has 0 saturated heterocycles. The molecular formula is C12H14N2O3. The molecule has 1 aliphatic rings. The Balaban J connectivity index is 2.03. The number of benzene rings is 1. The van der Waals surface area contributed by atoms with Crippen LogP contribution in [-0.4, -0.2) is 16.7 Å². The number of anilines is 1. The van der Waals surface area contributed by atoms with E-state index in [4.69, 9.17) is 0 Å². The molecule has 0 aromatic heterocycles. The lowest BCUT2D eigenvalue weighted by Crippen LogP contribution is -2.32. The summed E-state index contributed by atoms with van der Waals surface area (Å²) in [4.78, 5) is 21.7. The summed E-state index contributed by atoms with van der Waals surface area (Å²) in [5.41, 5.74) is 0.821. The number of ketones is 1. The van der Waals surface area contributed by atoms with Gasteiger partial charge >= 0.3 is 0 Å². The van der Waals surface area contributed by atoms with Crippen LogP contribution in [0.5, 0.6) is 0 Å². The molecule has 1 saturated carbocycles. The number of hydrogen-bond acceptors (Lipinski definition) is 4. The minimum absolute atomic E-state index is 0.0607. The van der Waals surface area contributed by atoms with E-state index in [-0.39, 0.29) is 17.5 Å². The zero-order valence-electron chi connectivity index (χ0n) is 9.39. The van der Waals surface area contributed by atoms with Crippen LogP contribution in [0.25, 0.3) is 0 Å². The summed E-state index contributed by atoms with van der Waals surface area (Å²) in [5, 5.41) is 13.6. The Morgan fingerprint density at radius 1 is 1.24 bits per heavy atom. The summed E-state index contributed by atoms with van der Waals surface area (Å²) in [7, 11) is 0. The van der Waals surface area contributed by atoms with E-state index in [1.165, 1.54) is 12.1 Å². The number of nitrogens with one attached hydrogen (secondary N) is 1. The fraction of sp³-hybridized carbons (Fsp3) is 0.417. The van der Waals surface area contributed by atoms with Gasteiger partial charge < -0.3 is 5.32 Å². The van der Waals surface area contributed by atoms with Crippen molar-refractivity contribution in [2.24, 2.45) is 0 Å². The van der Waals surface area contributed by atoms with Crippen LogP contribution in [0.2, 0.25) is 0 Å². The van der Waals surface area contributed by atoms with E-state index >= 15 is 0 Å². The molecule has 0 spiro atoms. The quantitative estimate of drug-likeness (QED) is 0.644. The lowest BCUT2D eigenvalue weighted by atomic mass is 9.94. The van der Waals surface area contributed by atoms with Crippen LogP contribution >= 0.6 is 0 Å². The van der Waals surface area contributed by atoms with Gasteiger partial charge in [-0.15, -0.1) is 0 Å². The summed E-state index contributed by atoms with van der Waals surface area (Å²) in [6.07, 6.45) is 3.49. The molecule has 0 bridgehead atoms. The molecule has 1 atom stereocenters. The predicted molar refractivity (Wildman–Crippen MR) is 64.0 cm³/mol. The minimum atomic E-state index is -0.435. The summed E-state index contributed by atoms with van der Waals surface area (Å²) in [5.74, 6) is 0.231. The highest BCUT2D eigenvalue weighted by Gasteiger charge is 2.21. The molecule has 5 nitrogen and oxygen atoms in total. The second-order valence-electron chi connectivity index (χ2n) is 4.21. The molecule has 1 fully saturated rings. The Labute approximate surface area is 99.0 Å². The van der Waals surface area contributed by atoms with Crippen LogP contribution in [-0.2, 0) is 4.79 Å². The first-order valence-corrected chi connectivity index (χ1v) is 5.70. The average molecular weight is 234 g/mol. The van der Waals surface area contributed by atoms with Crippen LogP contribution in [0.4, 0.5) is 11.4 Å². The molecule has 5 heteroatoms. The Hall–Kier alpha value is -1.91. The largest absolute Gasteiger partial charge is 0.375 e. The van der Waals surface area contributed by atoms with Crippen LogP contribution in [0.1, 0.15) is 25.7 Å². The molecule has 0 amide bonds. The molecule has 17 heavy (non-hydrogen) atoms. The number of nitro groups is 1. The van der Waals surface area contributed by atoms with Gasteiger partial charge in [0, 0.05) is 24.2 Å². The number of carbonyl (C=O) groups is 1. The minimum Gasteiger partial charge on any atom is -0.375 e. The molecule has 1 aliphatic carbocycles. The normalized spacial score (nSPS) is 20.0. The molecule has 1 aromatic rings. The van der Waals surface area contributed by atoms with Gasteiger partial charge in [0.1, 0.15) is 0 Å². The zero-order chi connectivity index (χ0) is 12.3. The maximum absolute atomic E-state index is 11.6. The molecule has 90 valence electrons. The number of carbonyl (C=O) groups excluding carboxylic acids is 1. The number of non-ortho nitro benzene ring substituents is 1. The number of nitro benzene ring substituents is 1. The van der Waals surface area contributed by atoms with Gasteiger partial charge in [-0.2, -0.15) is 0 Å². The lowest BCUT2D eigenvalue weighted by Gasteiger charge is -2.22. The van der Waals surface area contributed by atoms with Crippen molar-refractivity contribution in [2.45, 2.75) is 31.7 Å². The molecule has 2 rings (SSSR count). The van der Waals surface area contributed by atoms with Crippen molar-refractivity contribution in [1.82, 2.24) is 0 Å². The fourth-order valence-corrected chi connectivity index (χ4v) is 2.02. The number of hydrogen-bond donors (Lipinski definition) is 1. The van der Waals surface area contributed by atoms with E-state index in [0.717, 1.165) is 24.9 Å². The van der Waals surface area contributed by atoms with Crippen molar-refractivity contribution < 1.29 is 9.72 Å². The molecule has 0 radical (unpaired) electrons. The van der Waals surface area contributed by atoms with E-state index in [0.29, 0.717) is 6.42 Å². The van der Waals surface area contributed by atoms with Crippen LogP contribution < -0.4 is 5.32 Å². The highest BCUT2D eigenvalue weighted by atomic mass is 16.6. The van der Waals surface area contributed by atoms with Gasteiger partial charge in [0.25, 0.3) is 5.69 Å². The Kier molecular flexibility index (Phi) is 3.37. The SMILES string of the molecule is O=C1CCCC[C@@H]1Nc1ccc([N+](=O)[O-])cc1. The van der Waals surface area contributed by atoms with E-state index in [1.54, 1.807) is 12.1 Å². The second-order valence-corrected chi connectivity index (χ2v) is 4.21. The van der Waals surface area contributed by atoms with E-state index in [9.17, 15) is 14.9 Å². The predicted octanol–water partition coefficient (Wildman–Crippen LogP) is 2.52. The smallest absolute Gasteiger partial charge is 0.269 e. The Morgan fingerprint density at radius 3 is 2.53 bits per heavy atom. The third-order valence-corrected chi connectivity index (χ3v) is 2.97. The first kappa shape index (κ1) is 11.6. The summed E-state index contributed by atoms with van der Waals surface area (Å²) in [6.45, 7) is 0. The second kappa shape index (κ2) is 4.95. The van der Waals surface area contributed by atoms with E-state index < -0.39 is 4.92 Å². The molecule has 0 unspecified atom stereocenters. The molecule has 0 heterocycles. The van der Waals surface area contributed by atoms with Crippen LogP contribution in [0.3, 0.4) is 0 Å². The molecular weight excluding hydrogens is 220 g/mol. The lowest BCUT2D eigenvalue weighted by molar-refractivity contribution is -0.384. The first-order valence-electron chi connectivity index (χ1n) is 5.70. The Morgan fingerprint density at radius 2 is 1.94 bits per heavy atom. The molecule has 1 aromatic carbocycles. The van der Waals surface area contributed by atoms with Crippen molar-refractivity contribution in [3.63, 3.8) is 0 Å². The van der Waals surface area contributed by atoms with Gasteiger partial charge in [0.05, 0.1) is 11.0 Å². The van der Waals surface area contributed by atoms with Gasteiger partial charge in [0.2, 0.25) is 0 Å². The number of rotatable bonds is 3. The van der Waals surface area contributed by atoms with Crippen molar-refractivity contribution in [3.05, 3.63) is 34.4 Å². The number of nitrogens with zero attached hydrogens (tertiary/aromatic N) is 1. The van der Waals surface area contributed by atoms with Gasteiger partial charge in [-0.1, -0.05) is 6.42 Å². The third kappa shape index (κ3) is 2.81. The van der Waals surface area contributed by atoms with Crippen molar-refractivity contribution in [2.75, 3.05) is 5.32 Å². The van der Waals surface area contributed by atoms with Crippen molar-refractivity contribution in [1.29, 1.82) is 0 Å². The maximum atomic E-state index is 11.6. The Bertz CT molecular complexity index is 428. The monoisotopic (exact) mass is 234 g/mol. The van der Waals surface area contributed by atoms with Gasteiger partial charge in [-0.3, -0.25) is 14.9 Å². The topological polar surface area (TPSA) is 72.2 Å². The zero-order valence-corrected chi connectivity index (χ0v) is 9.39. The van der Waals surface area contributed by atoms with Crippen molar-refractivity contribution >= 4 is 17.2 Å². The average Bonchev–Trinajstić information content (AvgIpc) is 2.33. The summed E-state index contributed by atoms with van der Waals surface area (Å²) in [6, 6.07) is 6.02. The van der Waals surface area contributed by atoms with Gasteiger partial charge in [0.15, 0.2) is 5.78 Å². The molecule has 0 aliphatic heterocycles. The maximum Gasteiger partial charge on any atom is 0.269 e. The third-order valence-electron chi connectivity index (χ3n) is 2.97. The van der Waals surface area contributed by atoms with Crippen LogP contribution in [0, 0.1) is 10.1 Å². The first-order chi connectivity index (χ1) is 8.16. The van der Waals surface area contributed by atoms with Gasteiger partial charge in [-0.25, -0.2) is 0 Å². The highest BCUT2D eigenvalue weighted by molar-refractivity contribution is 5.87. The molecule has 1 N–H and O–H groups in total. The number of Topliss-reactive ketones (excluding diaryl/α,β-unsaturated/α-hetero) is 1. The van der Waals surface area contributed by atoms with E-state index in [1.807, 2.05) is 0 Å². The fourth-order valence-electron chi connectivity index (χ4n) is 2.02. The highest BCUT2D eigenvalue weighted by Crippen LogP contribution is 2.21. The van der Waals surface area contributed by atoms with Crippen molar-refractivity contribution in [3.8, 4) is 0 Å². The van der Waals surface area contributed by atoms with Crippen LogP contribution in [0.15, 0.2) is 24.3 Å². The summed E-state index contributed by atoms with van der Waals surface area (Å²) >= 11 is 0.